The summed E-state index contributed by atoms with van der Waals surface area (Å²) in [6.07, 6.45) is 0. The molecule has 4 nitrogen and oxygen atoms in total. The van der Waals surface area contributed by atoms with Gasteiger partial charge in [-0.15, -0.1) is 0 Å². The third-order valence-electron chi connectivity index (χ3n) is 2.30. The van der Waals surface area contributed by atoms with Crippen molar-refractivity contribution in [1.82, 2.24) is 10.9 Å². The van der Waals surface area contributed by atoms with Gasteiger partial charge in [0.15, 0.2) is 0 Å². The van der Waals surface area contributed by atoms with Crippen LogP contribution in [0.25, 0.3) is 0 Å². The SMILES string of the molecule is COc1cccc(C(=O)NNC(C)(C)C)c1C. The number of methoxy groups -OCH3 is 1. The summed E-state index contributed by atoms with van der Waals surface area (Å²) in [5.41, 5.74) is 6.92. The summed E-state index contributed by atoms with van der Waals surface area (Å²) < 4.78 is 5.18. The highest BCUT2D eigenvalue weighted by Crippen LogP contribution is 2.20. The van der Waals surface area contributed by atoms with Crippen LogP contribution in [0.5, 0.6) is 5.75 Å². The molecule has 0 saturated heterocycles. The van der Waals surface area contributed by atoms with Gasteiger partial charge in [-0.05, 0) is 39.8 Å². The third kappa shape index (κ3) is 3.75. The standard InChI is InChI=1S/C13H20N2O2/c1-9-10(7-6-8-11(9)17-5)12(16)14-15-13(2,3)4/h6-8,15H,1-5H3,(H,14,16). The molecule has 1 aromatic rings. The fourth-order valence-electron chi connectivity index (χ4n) is 1.39. The van der Waals surface area contributed by atoms with Gasteiger partial charge >= 0.3 is 0 Å². The van der Waals surface area contributed by atoms with E-state index in [0.29, 0.717) is 11.3 Å². The van der Waals surface area contributed by atoms with E-state index in [9.17, 15) is 4.79 Å². The van der Waals surface area contributed by atoms with Crippen molar-refractivity contribution in [3.8, 4) is 5.75 Å². The first-order chi connectivity index (χ1) is 7.85. The van der Waals surface area contributed by atoms with Crippen LogP contribution in [-0.4, -0.2) is 18.6 Å². The Morgan fingerprint density at radius 1 is 1.29 bits per heavy atom. The highest BCUT2D eigenvalue weighted by atomic mass is 16.5. The fraction of sp³-hybridized carbons (Fsp3) is 0.462. The first-order valence-electron chi connectivity index (χ1n) is 5.56. The molecule has 0 aliphatic carbocycles. The number of benzene rings is 1. The summed E-state index contributed by atoms with van der Waals surface area (Å²) >= 11 is 0. The number of hydrogen-bond donors (Lipinski definition) is 2. The molecule has 0 spiro atoms. The van der Waals surface area contributed by atoms with E-state index in [-0.39, 0.29) is 11.4 Å². The summed E-state index contributed by atoms with van der Waals surface area (Å²) in [5.74, 6) is 0.560. The maximum absolute atomic E-state index is 12.0. The highest BCUT2D eigenvalue weighted by molar-refractivity contribution is 5.95. The minimum atomic E-state index is -0.164. The first kappa shape index (κ1) is 13.5. The molecule has 0 unspecified atom stereocenters. The second-order valence-corrected chi connectivity index (χ2v) is 4.96. The molecule has 94 valence electrons. The summed E-state index contributed by atoms with van der Waals surface area (Å²) in [7, 11) is 1.59. The molecule has 4 heteroatoms. The molecule has 0 atom stereocenters. The topological polar surface area (TPSA) is 50.4 Å². The summed E-state index contributed by atoms with van der Waals surface area (Å²) in [5, 5.41) is 0. The van der Waals surface area contributed by atoms with Gasteiger partial charge in [0, 0.05) is 16.7 Å². The Bertz CT molecular complexity index is 408. The van der Waals surface area contributed by atoms with Gasteiger partial charge in [-0.25, -0.2) is 5.43 Å². The number of rotatable bonds is 3. The lowest BCUT2D eigenvalue weighted by Crippen LogP contribution is -2.48. The van der Waals surface area contributed by atoms with Crippen molar-refractivity contribution >= 4 is 5.91 Å². The van der Waals surface area contributed by atoms with E-state index in [1.54, 1.807) is 19.2 Å². The lowest BCUT2D eigenvalue weighted by molar-refractivity contribution is 0.0913. The van der Waals surface area contributed by atoms with Gasteiger partial charge in [0.1, 0.15) is 5.75 Å². The first-order valence-corrected chi connectivity index (χ1v) is 5.56. The van der Waals surface area contributed by atoms with E-state index in [0.717, 1.165) is 5.56 Å². The van der Waals surface area contributed by atoms with E-state index in [1.807, 2.05) is 33.8 Å². The van der Waals surface area contributed by atoms with Gasteiger partial charge in [0.2, 0.25) is 0 Å². The Kier molecular flexibility index (Phi) is 4.12. The summed E-state index contributed by atoms with van der Waals surface area (Å²) in [6.45, 7) is 7.80. The number of amides is 1. The molecule has 1 rings (SSSR count). The number of carbonyl (C=O) groups is 1. The average Bonchev–Trinajstić information content (AvgIpc) is 2.25. The Balaban J connectivity index is 2.83. The van der Waals surface area contributed by atoms with E-state index in [4.69, 9.17) is 4.74 Å². The minimum absolute atomic E-state index is 0.156. The van der Waals surface area contributed by atoms with Crippen LogP contribution < -0.4 is 15.6 Å². The number of hydrazine groups is 1. The molecule has 0 bridgehead atoms. The monoisotopic (exact) mass is 236 g/mol. The molecule has 17 heavy (non-hydrogen) atoms. The molecule has 0 heterocycles. The second kappa shape index (κ2) is 5.19. The molecule has 0 radical (unpaired) electrons. The second-order valence-electron chi connectivity index (χ2n) is 4.96. The molecule has 0 saturated carbocycles. The zero-order chi connectivity index (χ0) is 13.1. The predicted octanol–water partition coefficient (Wildman–Crippen LogP) is 2.04. The molecule has 1 amide bonds. The van der Waals surface area contributed by atoms with Crippen molar-refractivity contribution < 1.29 is 9.53 Å². The fourth-order valence-corrected chi connectivity index (χ4v) is 1.39. The Morgan fingerprint density at radius 2 is 1.94 bits per heavy atom. The van der Waals surface area contributed by atoms with Gasteiger partial charge in [-0.3, -0.25) is 10.2 Å². The van der Waals surface area contributed by atoms with Crippen LogP contribution in [0.1, 0.15) is 36.7 Å². The summed E-state index contributed by atoms with van der Waals surface area (Å²) in [4.78, 5) is 12.0. The van der Waals surface area contributed by atoms with Crippen LogP contribution >= 0.6 is 0 Å². The van der Waals surface area contributed by atoms with E-state index in [1.165, 1.54) is 0 Å². The van der Waals surface area contributed by atoms with Gasteiger partial charge < -0.3 is 4.74 Å². The van der Waals surface area contributed by atoms with Crippen molar-refractivity contribution in [2.75, 3.05) is 7.11 Å². The number of carbonyl (C=O) groups excluding carboxylic acids is 1. The van der Waals surface area contributed by atoms with Gasteiger partial charge in [-0.2, -0.15) is 0 Å². The van der Waals surface area contributed by atoms with E-state index < -0.39 is 0 Å². The third-order valence-corrected chi connectivity index (χ3v) is 2.30. The van der Waals surface area contributed by atoms with Crippen molar-refractivity contribution in [2.24, 2.45) is 0 Å². The molecular formula is C13H20N2O2. The quantitative estimate of drug-likeness (QED) is 0.790. The van der Waals surface area contributed by atoms with Gasteiger partial charge in [-0.1, -0.05) is 6.07 Å². The van der Waals surface area contributed by atoms with E-state index in [2.05, 4.69) is 10.9 Å². The lowest BCUT2D eigenvalue weighted by Gasteiger charge is -2.21. The molecule has 0 aliphatic rings. The summed E-state index contributed by atoms with van der Waals surface area (Å²) in [6, 6.07) is 5.42. The Hall–Kier alpha value is -1.55. The normalized spacial score (nSPS) is 11.1. The molecule has 0 aromatic heterocycles. The molecular weight excluding hydrogens is 216 g/mol. The molecule has 1 aromatic carbocycles. The van der Waals surface area contributed by atoms with Crippen molar-refractivity contribution in [3.63, 3.8) is 0 Å². The van der Waals surface area contributed by atoms with Crippen LogP contribution in [0.2, 0.25) is 0 Å². The van der Waals surface area contributed by atoms with Crippen LogP contribution in [0.3, 0.4) is 0 Å². The zero-order valence-corrected chi connectivity index (χ0v) is 11.0. The Morgan fingerprint density at radius 3 is 2.47 bits per heavy atom. The highest BCUT2D eigenvalue weighted by Gasteiger charge is 2.14. The zero-order valence-electron chi connectivity index (χ0n) is 11.0. The van der Waals surface area contributed by atoms with Gasteiger partial charge in [0.25, 0.3) is 5.91 Å². The number of nitrogens with one attached hydrogen (secondary N) is 2. The molecule has 0 fully saturated rings. The Labute approximate surface area is 102 Å². The van der Waals surface area contributed by atoms with Gasteiger partial charge in [0.05, 0.1) is 7.11 Å². The van der Waals surface area contributed by atoms with Crippen LogP contribution in [-0.2, 0) is 0 Å². The maximum atomic E-state index is 12.0. The van der Waals surface area contributed by atoms with E-state index >= 15 is 0 Å². The minimum Gasteiger partial charge on any atom is -0.496 e. The smallest absolute Gasteiger partial charge is 0.265 e. The number of hydrogen-bond acceptors (Lipinski definition) is 3. The maximum Gasteiger partial charge on any atom is 0.265 e. The number of ether oxygens (including phenoxy) is 1. The molecule has 2 N–H and O–H groups in total. The average molecular weight is 236 g/mol. The van der Waals surface area contributed by atoms with Crippen molar-refractivity contribution in [2.45, 2.75) is 33.2 Å². The van der Waals surface area contributed by atoms with Crippen molar-refractivity contribution in [3.05, 3.63) is 29.3 Å². The predicted molar refractivity (Wildman–Crippen MR) is 68.1 cm³/mol. The largest absolute Gasteiger partial charge is 0.496 e. The van der Waals surface area contributed by atoms with Crippen molar-refractivity contribution in [1.29, 1.82) is 0 Å². The van der Waals surface area contributed by atoms with Crippen LogP contribution in [0, 0.1) is 6.92 Å². The van der Waals surface area contributed by atoms with Crippen LogP contribution in [0.15, 0.2) is 18.2 Å². The lowest BCUT2D eigenvalue weighted by atomic mass is 10.1. The van der Waals surface area contributed by atoms with Crippen LogP contribution in [0.4, 0.5) is 0 Å². The molecule has 0 aliphatic heterocycles.